The molecule has 2 aromatic heterocycles. The highest BCUT2D eigenvalue weighted by atomic mass is 19.1. The number of aryl methyl sites for hydroxylation is 3. The summed E-state index contributed by atoms with van der Waals surface area (Å²) in [6.07, 6.45) is 0.960. The molecule has 2 heterocycles. The lowest BCUT2D eigenvalue weighted by Crippen LogP contribution is -2.27. The van der Waals surface area contributed by atoms with Gasteiger partial charge in [0.05, 0.1) is 11.7 Å². The van der Waals surface area contributed by atoms with Crippen molar-refractivity contribution in [2.75, 3.05) is 0 Å². The second-order valence-corrected chi connectivity index (χ2v) is 6.66. The van der Waals surface area contributed by atoms with Crippen molar-refractivity contribution in [3.63, 3.8) is 0 Å². The number of hydrogen-bond acceptors (Lipinski definition) is 3. The van der Waals surface area contributed by atoms with Crippen LogP contribution >= 0.6 is 0 Å². The molecule has 0 spiro atoms. The second kappa shape index (κ2) is 7.23. The molecule has 1 amide bonds. The molecule has 3 rings (SSSR count). The zero-order chi connectivity index (χ0) is 18.8. The van der Waals surface area contributed by atoms with Gasteiger partial charge in [-0.15, -0.1) is 0 Å². The minimum atomic E-state index is -0.282. The molecule has 5 nitrogen and oxygen atoms in total. The molecule has 1 atom stereocenters. The maximum atomic E-state index is 13.0. The summed E-state index contributed by atoms with van der Waals surface area (Å²) in [7, 11) is 0. The van der Waals surface area contributed by atoms with Crippen LogP contribution in [0.1, 0.15) is 47.6 Å². The molecule has 0 fully saturated rings. The van der Waals surface area contributed by atoms with Crippen molar-refractivity contribution in [3.8, 4) is 0 Å². The lowest BCUT2D eigenvalue weighted by molar-refractivity contribution is -0.121. The van der Waals surface area contributed by atoms with Crippen molar-refractivity contribution in [1.29, 1.82) is 0 Å². The van der Waals surface area contributed by atoms with Crippen LogP contribution in [-0.2, 0) is 11.2 Å². The fourth-order valence-corrected chi connectivity index (χ4v) is 3.19. The maximum absolute atomic E-state index is 13.0. The second-order valence-electron chi connectivity index (χ2n) is 6.66. The van der Waals surface area contributed by atoms with E-state index in [2.05, 4.69) is 15.4 Å². The van der Waals surface area contributed by atoms with Crippen LogP contribution in [0.25, 0.3) is 5.65 Å². The van der Waals surface area contributed by atoms with Crippen molar-refractivity contribution in [2.45, 2.75) is 46.6 Å². The molecule has 0 saturated carbocycles. The van der Waals surface area contributed by atoms with Crippen molar-refractivity contribution in [3.05, 3.63) is 64.4 Å². The maximum Gasteiger partial charge on any atom is 0.220 e. The highest BCUT2D eigenvalue weighted by Gasteiger charge is 2.14. The Morgan fingerprint density at radius 1 is 1.23 bits per heavy atom. The monoisotopic (exact) mass is 354 g/mol. The van der Waals surface area contributed by atoms with Gasteiger partial charge in [0.15, 0.2) is 5.65 Å². The number of benzene rings is 1. The quantitative estimate of drug-likeness (QED) is 0.761. The van der Waals surface area contributed by atoms with E-state index in [0.717, 1.165) is 33.9 Å². The summed E-state index contributed by atoms with van der Waals surface area (Å²) < 4.78 is 14.8. The van der Waals surface area contributed by atoms with Gasteiger partial charge in [-0.3, -0.25) is 4.79 Å². The van der Waals surface area contributed by atoms with Gasteiger partial charge in [-0.25, -0.2) is 13.9 Å². The van der Waals surface area contributed by atoms with E-state index in [1.165, 1.54) is 12.1 Å². The number of hydrogen-bond donors (Lipinski definition) is 1. The first-order valence-electron chi connectivity index (χ1n) is 8.72. The highest BCUT2D eigenvalue weighted by Crippen LogP contribution is 2.18. The Kier molecular flexibility index (Phi) is 5.02. The molecule has 3 aromatic rings. The first-order chi connectivity index (χ1) is 12.3. The van der Waals surface area contributed by atoms with Crippen LogP contribution in [0.4, 0.5) is 4.39 Å². The minimum Gasteiger partial charge on any atom is -0.350 e. The fourth-order valence-electron chi connectivity index (χ4n) is 3.19. The van der Waals surface area contributed by atoms with Crippen LogP contribution in [-0.4, -0.2) is 20.5 Å². The van der Waals surface area contributed by atoms with Crippen molar-refractivity contribution in [2.24, 2.45) is 0 Å². The number of nitrogens with one attached hydrogen (secondary N) is 1. The molecule has 0 aliphatic heterocycles. The molecule has 0 saturated heterocycles. The predicted octanol–water partition coefficient (Wildman–Crippen LogP) is 3.60. The molecule has 6 heteroatoms. The third kappa shape index (κ3) is 3.74. The van der Waals surface area contributed by atoms with Crippen LogP contribution in [0.15, 0.2) is 30.3 Å². The number of aromatic nitrogens is 3. The third-order valence-corrected chi connectivity index (χ3v) is 4.64. The molecule has 0 aliphatic carbocycles. The molecule has 26 heavy (non-hydrogen) atoms. The molecule has 1 unspecified atom stereocenters. The normalized spacial score (nSPS) is 12.3. The van der Waals surface area contributed by atoms with E-state index in [0.29, 0.717) is 12.8 Å². The predicted molar refractivity (Wildman–Crippen MR) is 98.5 cm³/mol. The summed E-state index contributed by atoms with van der Waals surface area (Å²) in [5.74, 6) is -0.327. The van der Waals surface area contributed by atoms with Gasteiger partial charge in [0, 0.05) is 23.9 Å². The highest BCUT2D eigenvalue weighted by molar-refractivity contribution is 5.76. The summed E-state index contributed by atoms with van der Waals surface area (Å²) in [5, 5.41) is 7.42. The van der Waals surface area contributed by atoms with E-state index in [9.17, 15) is 9.18 Å². The number of carbonyl (C=O) groups is 1. The number of nitrogens with zero attached hydrogens (tertiary/aromatic N) is 3. The Morgan fingerprint density at radius 2 is 1.92 bits per heavy atom. The molecule has 1 aromatic carbocycles. The number of rotatable bonds is 5. The summed E-state index contributed by atoms with van der Waals surface area (Å²) in [4.78, 5) is 16.9. The first kappa shape index (κ1) is 18.0. The molecule has 1 N–H and O–H groups in total. The molecule has 136 valence electrons. The molecular weight excluding hydrogens is 331 g/mol. The summed E-state index contributed by atoms with van der Waals surface area (Å²) in [6.45, 7) is 7.79. The van der Waals surface area contributed by atoms with E-state index in [-0.39, 0.29) is 17.8 Å². The average molecular weight is 354 g/mol. The van der Waals surface area contributed by atoms with Gasteiger partial charge in [-0.05, 0) is 57.4 Å². The van der Waals surface area contributed by atoms with Crippen molar-refractivity contribution < 1.29 is 9.18 Å². The third-order valence-electron chi connectivity index (χ3n) is 4.64. The number of carbonyl (C=O) groups excluding carboxylic acids is 1. The lowest BCUT2D eigenvalue weighted by atomic mass is 10.1. The molecule has 0 radical (unpaired) electrons. The van der Waals surface area contributed by atoms with Gasteiger partial charge in [0.2, 0.25) is 5.91 Å². The first-order valence-corrected chi connectivity index (χ1v) is 8.72. The lowest BCUT2D eigenvalue weighted by Gasteiger charge is -2.15. The van der Waals surface area contributed by atoms with Crippen LogP contribution in [0, 0.1) is 26.6 Å². The van der Waals surface area contributed by atoms with Gasteiger partial charge in [0.25, 0.3) is 0 Å². The van der Waals surface area contributed by atoms with Gasteiger partial charge >= 0.3 is 0 Å². The molecule has 0 aliphatic rings. The van der Waals surface area contributed by atoms with E-state index in [1.807, 2.05) is 38.3 Å². The Bertz CT molecular complexity index is 947. The molecule has 0 bridgehead atoms. The topological polar surface area (TPSA) is 59.3 Å². The summed E-state index contributed by atoms with van der Waals surface area (Å²) >= 11 is 0. The van der Waals surface area contributed by atoms with Crippen LogP contribution in [0.3, 0.4) is 0 Å². The SMILES string of the molecule is Cc1cc2nc(C)c(CCC(=O)NC(C)c3ccc(F)cc3)c(C)n2n1. The Morgan fingerprint density at radius 3 is 2.62 bits per heavy atom. The van der Waals surface area contributed by atoms with Gasteiger partial charge in [-0.1, -0.05) is 12.1 Å². The standard InChI is InChI=1S/C20H23FN4O/c1-12-11-19-22-14(3)18(15(4)25(19)24-12)9-10-20(26)23-13(2)16-5-7-17(21)8-6-16/h5-8,11,13H,9-10H2,1-4H3,(H,23,26). The number of fused-ring (bicyclic) bond motifs is 1. The van der Waals surface area contributed by atoms with E-state index in [4.69, 9.17) is 0 Å². The fraction of sp³-hybridized carbons (Fsp3) is 0.350. The minimum absolute atomic E-state index is 0.0441. The van der Waals surface area contributed by atoms with E-state index >= 15 is 0 Å². The smallest absolute Gasteiger partial charge is 0.220 e. The summed E-state index contributed by atoms with van der Waals surface area (Å²) in [6, 6.07) is 7.95. The average Bonchev–Trinajstić information content (AvgIpc) is 2.95. The zero-order valence-electron chi connectivity index (χ0n) is 15.5. The van der Waals surface area contributed by atoms with Crippen molar-refractivity contribution in [1.82, 2.24) is 19.9 Å². The number of halogens is 1. The van der Waals surface area contributed by atoms with Gasteiger partial charge < -0.3 is 5.32 Å². The number of amides is 1. The Balaban J connectivity index is 1.67. The van der Waals surface area contributed by atoms with Gasteiger partial charge in [-0.2, -0.15) is 5.10 Å². The van der Waals surface area contributed by atoms with E-state index < -0.39 is 0 Å². The largest absolute Gasteiger partial charge is 0.350 e. The molecular formula is C20H23FN4O. The van der Waals surface area contributed by atoms with Crippen LogP contribution in [0.2, 0.25) is 0 Å². The van der Waals surface area contributed by atoms with Crippen molar-refractivity contribution >= 4 is 11.6 Å². The Labute approximate surface area is 152 Å². The van der Waals surface area contributed by atoms with Gasteiger partial charge in [0.1, 0.15) is 5.82 Å². The van der Waals surface area contributed by atoms with E-state index in [1.54, 1.807) is 12.1 Å². The van der Waals surface area contributed by atoms with Crippen LogP contribution < -0.4 is 5.32 Å². The Hall–Kier alpha value is -2.76. The zero-order valence-corrected chi connectivity index (χ0v) is 15.5. The van der Waals surface area contributed by atoms with Crippen LogP contribution in [0.5, 0.6) is 0 Å². The summed E-state index contributed by atoms with van der Waals surface area (Å²) in [5.41, 5.74) is 5.61.